The van der Waals surface area contributed by atoms with Crippen molar-refractivity contribution in [2.75, 3.05) is 11.6 Å². The lowest BCUT2D eigenvalue weighted by Crippen LogP contribution is -2.23. The number of allylic oxidation sites excluding steroid dienone is 2. The Kier molecular flexibility index (Phi) is 4.26. The molecule has 1 aliphatic rings. The Morgan fingerprint density at radius 2 is 2.18 bits per heavy atom. The van der Waals surface area contributed by atoms with Gasteiger partial charge in [-0.15, -0.1) is 11.8 Å². The van der Waals surface area contributed by atoms with E-state index in [-0.39, 0.29) is 11.8 Å². The number of carbonyl (C=O) groups excluding carboxylic acids is 1. The molecule has 2 nitrogen and oxygen atoms in total. The highest BCUT2D eigenvalue weighted by atomic mass is 32.2. The smallest absolute Gasteiger partial charge is 0.227 e. The first-order chi connectivity index (χ1) is 8.31. The van der Waals surface area contributed by atoms with Crippen LogP contribution in [-0.4, -0.2) is 12.2 Å². The van der Waals surface area contributed by atoms with Crippen molar-refractivity contribution >= 4 is 23.4 Å². The number of hydrogen-bond donors (Lipinski definition) is 1. The van der Waals surface area contributed by atoms with Crippen molar-refractivity contribution in [3.8, 4) is 0 Å². The van der Waals surface area contributed by atoms with E-state index in [1.807, 2.05) is 30.5 Å². The number of para-hydroxylation sites is 1. The second kappa shape index (κ2) is 5.92. The van der Waals surface area contributed by atoms with Crippen LogP contribution in [0.1, 0.15) is 19.3 Å². The summed E-state index contributed by atoms with van der Waals surface area (Å²) >= 11 is 1.66. The van der Waals surface area contributed by atoms with Crippen molar-refractivity contribution in [3.05, 3.63) is 36.4 Å². The predicted octanol–water partition coefficient (Wildman–Crippen LogP) is 3.70. The van der Waals surface area contributed by atoms with Gasteiger partial charge in [-0.05, 0) is 37.7 Å². The van der Waals surface area contributed by atoms with Crippen LogP contribution in [0.5, 0.6) is 0 Å². The molecule has 2 rings (SSSR count). The number of benzene rings is 1. The summed E-state index contributed by atoms with van der Waals surface area (Å²) in [6, 6.07) is 7.93. The van der Waals surface area contributed by atoms with Gasteiger partial charge in [-0.3, -0.25) is 4.79 Å². The van der Waals surface area contributed by atoms with E-state index in [1.165, 1.54) is 0 Å². The Bertz CT molecular complexity index is 428. The van der Waals surface area contributed by atoms with Gasteiger partial charge in [0.2, 0.25) is 5.91 Å². The molecule has 1 aromatic carbocycles. The third-order valence-corrected chi connectivity index (χ3v) is 3.80. The minimum absolute atomic E-state index is 0.134. The molecule has 0 aliphatic heterocycles. The minimum Gasteiger partial charge on any atom is -0.325 e. The molecule has 0 unspecified atom stereocenters. The molecule has 90 valence electrons. The molecule has 0 fully saturated rings. The largest absolute Gasteiger partial charge is 0.325 e. The average molecular weight is 247 g/mol. The van der Waals surface area contributed by atoms with Crippen molar-refractivity contribution < 1.29 is 4.79 Å². The van der Waals surface area contributed by atoms with Gasteiger partial charge in [-0.1, -0.05) is 24.3 Å². The molecule has 17 heavy (non-hydrogen) atoms. The quantitative estimate of drug-likeness (QED) is 0.651. The summed E-state index contributed by atoms with van der Waals surface area (Å²) in [6.45, 7) is 0. The lowest BCUT2D eigenvalue weighted by molar-refractivity contribution is -0.120. The summed E-state index contributed by atoms with van der Waals surface area (Å²) in [7, 11) is 0. The molecule has 0 radical (unpaired) electrons. The Morgan fingerprint density at radius 1 is 1.35 bits per heavy atom. The van der Waals surface area contributed by atoms with Crippen molar-refractivity contribution in [3.63, 3.8) is 0 Å². The van der Waals surface area contributed by atoms with E-state index in [1.54, 1.807) is 11.8 Å². The van der Waals surface area contributed by atoms with Crippen molar-refractivity contribution in [1.82, 2.24) is 0 Å². The van der Waals surface area contributed by atoms with Gasteiger partial charge < -0.3 is 5.32 Å². The molecular formula is C14H17NOS. The van der Waals surface area contributed by atoms with E-state index >= 15 is 0 Å². The highest BCUT2D eigenvalue weighted by Gasteiger charge is 2.19. The minimum atomic E-state index is 0.134. The first-order valence-electron chi connectivity index (χ1n) is 5.90. The molecule has 1 aromatic rings. The molecule has 1 aliphatic carbocycles. The van der Waals surface area contributed by atoms with E-state index in [0.717, 1.165) is 29.8 Å². The zero-order chi connectivity index (χ0) is 12.1. The highest BCUT2D eigenvalue weighted by molar-refractivity contribution is 7.98. The molecule has 0 aromatic heterocycles. The fraction of sp³-hybridized carbons (Fsp3) is 0.357. The van der Waals surface area contributed by atoms with Crippen LogP contribution in [-0.2, 0) is 4.79 Å². The molecule has 0 bridgehead atoms. The number of thioether (sulfide) groups is 1. The van der Waals surface area contributed by atoms with E-state index in [0.29, 0.717) is 0 Å². The van der Waals surface area contributed by atoms with E-state index in [4.69, 9.17) is 0 Å². The molecule has 0 saturated heterocycles. The zero-order valence-corrected chi connectivity index (χ0v) is 10.8. The zero-order valence-electron chi connectivity index (χ0n) is 9.98. The number of hydrogen-bond acceptors (Lipinski definition) is 2. The summed E-state index contributed by atoms with van der Waals surface area (Å²) in [4.78, 5) is 13.2. The Labute approximate surface area is 106 Å². The third-order valence-electron chi connectivity index (χ3n) is 3.00. The summed E-state index contributed by atoms with van der Waals surface area (Å²) in [5, 5.41) is 3.04. The lowest BCUT2D eigenvalue weighted by atomic mass is 9.93. The molecule has 1 atom stereocenters. The maximum atomic E-state index is 12.1. The Balaban J connectivity index is 2.04. The van der Waals surface area contributed by atoms with Crippen molar-refractivity contribution in [2.45, 2.75) is 24.2 Å². The lowest BCUT2D eigenvalue weighted by Gasteiger charge is -2.18. The summed E-state index contributed by atoms with van der Waals surface area (Å²) in [6.07, 6.45) is 9.13. The summed E-state index contributed by atoms with van der Waals surface area (Å²) < 4.78 is 0. The van der Waals surface area contributed by atoms with Gasteiger partial charge in [-0.25, -0.2) is 0 Å². The molecule has 1 amide bonds. The molecule has 3 heteroatoms. The van der Waals surface area contributed by atoms with E-state index in [2.05, 4.69) is 17.5 Å². The number of amides is 1. The van der Waals surface area contributed by atoms with Gasteiger partial charge in [0.1, 0.15) is 0 Å². The molecule has 0 saturated carbocycles. The Morgan fingerprint density at radius 3 is 2.88 bits per heavy atom. The van der Waals surface area contributed by atoms with Crippen molar-refractivity contribution in [2.24, 2.45) is 5.92 Å². The summed E-state index contributed by atoms with van der Waals surface area (Å²) in [5.74, 6) is 0.283. The second-order valence-electron chi connectivity index (χ2n) is 4.17. The SMILES string of the molecule is CSc1ccccc1NC(=O)[C@H]1CC=CCC1. The van der Waals surface area contributed by atoms with Crippen LogP contribution in [0.4, 0.5) is 5.69 Å². The predicted molar refractivity (Wildman–Crippen MR) is 73.3 cm³/mol. The topological polar surface area (TPSA) is 29.1 Å². The maximum Gasteiger partial charge on any atom is 0.227 e. The molecule has 0 spiro atoms. The number of rotatable bonds is 3. The van der Waals surface area contributed by atoms with Crippen LogP contribution in [0.2, 0.25) is 0 Å². The van der Waals surface area contributed by atoms with Gasteiger partial charge in [0.15, 0.2) is 0 Å². The first-order valence-corrected chi connectivity index (χ1v) is 7.12. The molecular weight excluding hydrogens is 230 g/mol. The molecule has 0 heterocycles. The normalized spacial score (nSPS) is 19.0. The first kappa shape index (κ1) is 12.2. The van der Waals surface area contributed by atoms with Crippen LogP contribution in [0.15, 0.2) is 41.3 Å². The van der Waals surface area contributed by atoms with Crippen LogP contribution < -0.4 is 5.32 Å². The van der Waals surface area contributed by atoms with E-state index in [9.17, 15) is 4.79 Å². The Hall–Kier alpha value is -1.22. The third kappa shape index (κ3) is 3.13. The maximum absolute atomic E-state index is 12.1. The average Bonchev–Trinajstić information content (AvgIpc) is 2.40. The highest BCUT2D eigenvalue weighted by Crippen LogP contribution is 2.26. The van der Waals surface area contributed by atoms with Crippen LogP contribution >= 0.6 is 11.8 Å². The van der Waals surface area contributed by atoms with Crippen LogP contribution in [0.3, 0.4) is 0 Å². The van der Waals surface area contributed by atoms with Gasteiger partial charge in [0.05, 0.1) is 5.69 Å². The standard InChI is InChI=1S/C14H17NOS/c1-17-13-10-6-5-9-12(13)15-14(16)11-7-3-2-4-8-11/h2-3,5-6,9-11H,4,7-8H2,1H3,(H,15,16)/t11-/m0/s1. The second-order valence-corrected chi connectivity index (χ2v) is 5.02. The summed E-state index contributed by atoms with van der Waals surface area (Å²) in [5.41, 5.74) is 0.930. The van der Waals surface area contributed by atoms with Gasteiger partial charge in [0.25, 0.3) is 0 Å². The van der Waals surface area contributed by atoms with Gasteiger partial charge in [-0.2, -0.15) is 0 Å². The fourth-order valence-corrected chi connectivity index (χ4v) is 2.57. The monoisotopic (exact) mass is 247 g/mol. The van der Waals surface area contributed by atoms with Gasteiger partial charge >= 0.3 is 0 Å². The fourth-order valence-electron chi connectivity index (χ4n) is 2.01. The van der Waals surface area contributed by atoms with E-state index < -0.39 is 0 Å². The van der Waals surface area contributed by atoms with Crippen LogP contribution in [0.25, 0.3) is 0 Å². The number of carbonyl (C=O) groups is 1. The molecule has 1 N–H and O–H groups in total. The number of nitrogens with one attached hydrogen (secondary N) is 1. The number of anilines is 1. The van der Waals surface area contributed by atoms with Gasteiger partial charge in [0, 0.05) is 10.8 Å². The van der Waals surface area contributed by atoms with Crippen molar-refractivity contribution in [1.29, 1.82) is 0 Å². The van der Waals surface area contributed by atoms with Crippen LogP contribution in [0, 0.1) is 5.92 Å².